The van der Waals surface area contributed by atoms with E-state index >= 15 is 0 Å². The molecule has 4 heteroatoms. The molecule has 0 saturated carbocycles. The minimum atomic E-state index is -1.25. The summed E-state index contributed by atoms with van der Waals surface area (Å²) in [6, 6.07) is 9.32. The lowest BCUT2D eigenvalue weighted by atomic mass is 9.97. The van der Waals surface area contributed by atoms with Crippen molar-refractivity contribution in [2.75, 3.05) is 0 Å². The Balaban J connectivity index is 2.74. The van der Waals surface area contributed by atoms with Crippen molar-refractivity contribution >= 4 is 5.91 Å². The van der Waals surface area contributed by atoms with E-state index in [0.29, 0.717) is 6.42 Å². The summed E-state index contributed by atoms with van der Waals surface area (Å²) in [6.07, 6.45) is -0.948. The molecular weight excluding hydrogens is 230 g/mol. The van der Waals surface area contributed by atoms with Gasteiger partial charge in [-0.05, 0) is 32.8 Å². The average molecular weight is 250 g/mol. The Hall–Kier alpha value is -1.39. The highest BCUT2D eigenvalue weighted by atomic mass is 16.6. The average Bonchev–Trinajstić information content (AvgIpc) is 2.24. The molecule has 99 valence electrons. The first-order chi connectivity index (χ1) is 8.29. The summed E-state index contributed by atoms with van der Waals surface area (Å²) >= 11 is 0. The highest BCUT2D eigenvalue weighted by molar-refractivity contribution is 5.76. The number of hydrogen-bond donors (Lipinski definition) is 1. The first-order valence-electron chi connectivity index (χ1n) is 5.95. The second-order valence-electron chi connectivity index (χ2n) is 5.28. The van der Waals surface area contributed by atoms with Crippen LogP contribution in [0.25, 0.3) is 0 Å². The molecule has 2 unspecified atom stereocenters. The standard InChI is InChI=1S/C14H20NO3/c1-14(2,3)18-13(17)11(12(15)16)9-10-7-5-4-6-8-10/h4-8,11,13,15,17H,9H2,1-3H3. The van der Waals surface area contributed by atoms with Crippen LogP contribution < -0.4 is 5.73 Å². The molecule has 0 saturated heterocycles. The topological polar surface area (TPSA) is 70.3 Å². The number of aliphatic hydroxyl groups excluding tert-OH is 1. The molecule has 0 aliphatic rings. The van der Waals surface area contributed by atoms with Crippen LogP contribution in [0.2, 0.25) is 0 Å². The van der Waals surface area contributed by atoms with E-state index in [2.05, 4.69) is 0 Å². The summed E-state index contributed by atoms with van der Waals surface area (Å²) < 4.78 is 5.35. The van der Waals surface area contributed by atoms with Gasteiger partial charge in [0.2, 0.25) is 5.91 Å². The molecule has 0 bridgehead atoms. The third kappa shape index (κ3) is 4.85. The number of hydrogen-bond acceptors (Lipinski definition) is 3. The number of carbonyl (C=O) groups excluding carboxylic acids is 1. The van der Waals surface area contributed by atoms with Gasteiger partial charge in [0.05, 0.1) is 11.5 Å². The van der Waals surface area contributed by atoms with Gasteiger partial charge in [-0.3, -0.25) is 10.5 Å². The van der Waals surface area contributed by atoms with Gasteiger partial charge in [-0.25, -0.2) is 0 Å². The van der Waals surface area contributed by atoms with Crippen LogP contribution in [0, 0.1) is 5.92 Å². The lowest BCUT2D eigenvalue weighted by molar-refractivity contribution is -0.193. The van der Waals surface area contributed by atoms with Gasteiger partial charge in [-0.15, -0.1) is 0 Å². The van der Waals surface area contributed by atoms with E-state index in [4.69, 9.17) is 10.5 Å². The van der Waals surface area contributed by atoms with E-state index in [9.17, 15) is 9.90 Å². The highest BCUT2D eigenvalue weighted by Gasteiger charge is 2.29. The number of nitrogens with one attached hydrogen (secondary N) is 1. The molecule has 1 aromatic rings. The second-order valence-corrected chi connectivity index (χ2v) is 5.28. The van der Waals surface area contributed by atoms with E-state index in [0.717, 1.165) is 5.56 Å². The lowest BCUT2D eigenvalue weighted by Crippen LogP contribution is -2.38. The number of amides is 1. The molecule has 1 rings (SSSR count). The fraction of sp³-hybridized carbons (Fsp3) is 0.500. The Kier molecular flexibility index (Phi) is 4.87. The van der Waals surface area contributed by atoms with Crippen molar-refractivity contribution in [3.05, 3.63) is 35.9 Å². The molecule has 18 heavy (non-hydrogen) atoms. The fourth-order valence-electron chi connectivity index (χ4n) is 1.64. The van der Waals surface area contributed by atoms with E-state index in [1.54, 1.807) is 20.8 Å². The molecule has 0 aliphatic carbocycles. The Morgan fingerprint density at radius 2 is 1.89 bits per heavy atom. The molecule has 0 spiro atoms. The van der Waals surface area contributed by atoms with Crippen molar-refractivity contribution in [2.45, 2.75) is 39.1 Å². The fourth-order valence-corrected chi connectivity index (χ4v) is 1.64. The number of benzene rings is 1. The third-order valence-electron chi connectivity index (χ3n) is 2.45. The van der Waals surface area contributed by atoms with Crippen LogP contribution in [0.15, 0.2) is 30.3 Å². The predicted octanol–water partition coefficient (Wildman–Crippen LogP) is 1.79. The van der Waals surface area contributed by atoms with Crippen molar-refractivity contribution < 1.29 is 14.6 Å². The maximum atomic E-state index is 11.3. The van der Waals surface area contributed by atoms with Gasteiger partial charge in [0.15, 0.2) is 6.29 Å². The van der Waals surface area contributed by atoms with E-state index in [1.165, 1.54) is 0 Å². The minimum Gasteiger partial charge on any atom is -0.367 e. The summed E-state index contributed by atoms with van der Waals surface area (Å²) in [6.45, 7) is 5.39. The zero-order valence-corrected chi connectivity index (χ0v) is 11.0. The summed E-state index contributed by atoms with van der Waals surface area (Å²) in [7, 11) is 0. The van der Waals surface area contributed by atoms with Crippen molar-refractivity contribution in [2.24, 2.45) is 5.92 Å². The van der Waals surface area contributed by atoms with Gasteiger partial charge in [-0.1, -0.05) is 30.3 Å². The molecule has 0 fully saturated rings. The van der Waals surface area contributed by atoms with Gasteiger partial charge in [0, 0.05) is 0 Å². The largest absolute Gasteiger partial charge is 0.367 e. The molecule has 0 heterocycles. The van der Waals surface area contributed by atoms with Crippen LogP contribution in [-0.4, -0.2) is 22.9 Å². The number of aliphatic hydroxyl groups is 1. The van der Waals surface area contributed by atoms with Gasteiger partial charge in [-0.2, -0.15) is 0 Å². The van der Waals surface area contributed by atoms with Crippen LogP contribution in [-0.2, 0) is 16.0 Å². The van der Waals surface area contributed by atoms with Crippen molar-refractivity contribution in [1.82, 2.24) is 5.73 Å². The number of rotatable bonds is 5. The Morgan fingerprint density at radius 3 is 2.33 bits per heavy atom. The number of carbonyl (C=O) groups is 1. The molecule has 4 nitrogen and oxygen atoms in total. The quantitative estimate of drug-likeness (QED) is 0.810. The minimum absolute atomic E-state index is 0.306. The van der Waals surface area contributed by atoms with Crippen molar-refractivity contribution in [3.8, 4) is 0 Å². The normalized spacial score (nSPS) is 15.1. The van der Waals surface area contributed by atoms with Gasteiger partial charge < -0.3 is 9.84 Å². The van der Waals surface area contributed by atoms with Crippen LogP contribution in [0.1, 0.15) is 26.3 Å². The molecule has 0 aromatic heterocycles. The summed E-state index contributed by atoms with van der Waals surface area (Å²) in [5.41, 5.74) is 7.59. The van der Waals surface area contributed by atoms with Crippen LogP contribution in [0.4, 0.5) is 0 Å². The summed E-state index contributed by atoms with van der Waals surface area (Å²) in [5, 5.41) is 9.91. The maximum Gasteiger partial charge on any atom is 0.246 e. The molecular formula is C14H20NO3. The molecule has 2 atom stereocenters. The summed E-state index contributed by atoms with van der Waals surface area (Å²) in [5.74, 6) is -1.66. The number of ether oxygens (including phenoxy) is 1. The van der Waals surface area contributed by atoms with Crippen molar-refractivity contribution in [1.29, 1.82) is 0 Å². The van der Waals surface area contributed by atoms with E-state index < -0.39 is 23.7 Å². The molecule has 1 aromatic carbocycles. The lowest BCUT2D eigenvalue weighted by Gasteiger charge is -2.28. The Labute approximate surface area is 108 Å². The zero-order valence-electron chi connectivity index (χ0n) is 11.0. The van der Waals surface area contributed by atoms with Crippen LogP contribution in [0.5, 0.6) is 0 Å². The third-order valence-corrected chi connectivity index (χ3v) is 2.45. The Morgan fingerprint density at radius 1 is 1.33 bits per heavy atom. The van der Waals surface area contributed by atoms with Gasteiger partial charge in [0.1, 0.15) is 0 Å². The molecule has 2 N–H and O–H groups in total. The first kappa shape index (κ1) is 14.7. The van der Waals surface area contributed by atoms with Crippen LogP contribution >= 0.6 is 0 Å². The predicted molar refractivity (Wildman–Crippen MR) is 68.6 cm³/mol. The SMILES string of the molecule is CC(C)(C)OC(O)C(Cc1ccccc1)C([NH])=O. The second kappa shape index (κ2) is 5.98. The molecule has 1 amide bonds. The van der Waals surface area contributed by atoms with Gasteiger partial charge >= 0.3 is 0 Å². The highest BCUT2D eigenvalue weighted by Crippen LogP contribution is 2.19. The van der Waals surface area contributed by atoms with E-state index in [1.807, 2.05) is 30.3 Å². The Bertz CT molecular complexity index is 384. The zero-order chi connectivity index (χ0) is 13.8. The maximum absolute atomic E-state index is 11.3. The first-order valence-corrected chi connectivity index (χ1v) is 5.95. The molecule has 1 radical (unpaired) electrons. The smallest absolute Gasteiger partial charge is 0.246 e. The molecule has 0 aliphatic heterocycles. The van der Waals surface area contributed by atoms with Crippen LogP contribution in [0.3, 0.4) is 0 Å². The van der Waals surface area contributed by atoms with Crippen molar-refractivity contribution in [3.63, 3.8) is 0 Å². The van der Waals surface area contributed by atoms with E-state index in [-0.39, 0.29) is 0 Å². The monoisotopic (exact) mass is 250 g/mol. The van der Waals surface area contributed by atoms with Gasteiger partial charge in [0.25, 0.3) is 0 Å². The summed E-state index contributed by atoms with van der Waals surface area (Å²) in [4.78, 5) is 11.3.